The molecule has 3 aromatic rings. The predicted molar refractivity (Wildman–Crippen MR) is 124 cm³/mol. The molecule has 0 radical (unpaired) electrons. The average Bonchev–Trinajstić information content (AvgIpc) is 3.44. The summed E-state index contributed by atoms with van der Waals surface area (Å²) in [5.41, 5.74) is -0.745. The van der Waals surface area contributed by atoms with Crippen molar-refractivity contribution in [3.63, 3.8) is 0 Å². The fourth-order valence-corrected chi connectivity index (χ4v) is 5.22. The van der Waals surface area contributed by atoms with Crippen LogP contribution in [0.1, 0.15) is 18.4 Å². The number of hydrogen-bond donors (Lipinski definition) is 1. The summed E-state index contributed by atoms with van der Waals surface area (Å²) in [4.78, 5) is 36.6. The topological polar surface area (TPSA) is 80.1 Å². The van der Waals surface area contributed by atoms with Crippen molar-refractivity contribution in [1.29, 1.82) is 0 Å². The van der Waals surface area contributed by atoms with E-state index in [1.54, 1.807) is 6.08 Å². The van der Waals surface area contributed by atoms with E-state index in [-0.39, 0.29) is 23.5 Å². The summed E-state index contributed by atoms with van der Waals surface area (Å²) in [7, 11) is 0. The minimum atomic E-state index is -4.50. The van der Waals surface area contributed by atoms with Gasteiger partial charge in [-0.3, -0.25) is 14.2 Å². The van der Waals surface area contributed by atoms with Gasteiger partial charge in [0.1, 0.15) is 4.70 Å². The number of carbonyl (C=O) groups excluding carboxylic acids is 1. The van der Waals surface area contributed by atoms with Crippen LogP contribution in [0, 0.1) is 0 Å². The second-order valence-electron chi connectivity index (χ2n) is 7.36. The Bertz CT molecular complexity index is 1250. The largest absolute Gasteiger partial charge is 0.416 e. The Balaban J connectivity index is 1.53. The van der Waals surface area contributed by atoms with Crippen LogP contribution in [0.2, 0.25) is 0 Å². The Hall–Kier alpha value is -2.86. The molecule has 0 aliphatic carbocycles. The number of benzene rings is 1. The SMILES string of the molecule is C=CCn1c(SCC(=O)Nc2cccc(C(F)(F)F)c2)nc2nc(N3CCCC3)sc2c1=O. The van der Waals surface area contributed by atoms with Gasteiger partial charge in [0, 0.05) is 25.3 Å². The Labute approximate surface area is 195 Å². The molecule has 7 nitrogen and oxygen atoms in total. The first-order valence-electron chi connectivity index (χ1n) is 10.1. The highest BCUT2D eigenvalue weighted by Crippen LogP contribution is 2.31. The van der Waals surface area contributed by atoms with Gasteiger partial charge in [0.15, 0.2) is 15.9 Å². The summed E-state index contributed by atoms with van der Waals surface area (Å²) in [6.07, 6.45) is -0.792. The summed E-state index contributed by atoms with van der Waals surface area (Å²) < 4.78 is 40.5. The lowest BCUT2D eigenvalue weighted by molar-refractivity contribution is -0.137. The number of rotatable bonds is 7. The lowest BCUT2D eigenvalue weighted by Crippen LogP contribution is -2.23. The van der Waals surface area contributed by atoms with Crippen LogP contribution in [0.4, 0.5) is 24.0 Å². The molecular formula is C21H20F3N5O2S2. The number of carbonyl (C=O) groups is 1. The molecule has 3 heterocycles. The lowest BCUT2D eigenvalue weighted by Gasteiger charge is -2.11. The zero-order valence-electron chi connectivity index (χ0n) is 17.4. The van der Waals surface area contributed by atoms with E-state index in [0.717, 1.165) is 55.0 Å². The number of aromatic nitrogens is 3. The zero-order chi connectivity index (χ0) is 23.6. The van der Waals surface area contributed by atoms with Crippen molar-refractivity contribution in [3.05, 3.63) is 52.8 Å². The molecule has 4 rings (SSSR count). The fraction of sp³-hybridized carbons (Fsp3) is 0.333. The van der Waals surface area contributed by atoms with Crippen molar-refractivity contribution < 1.29 is 18.0 Å². The fourth-order valence-electron chi connectivity index (χ4n) is 3.42. The molecule has 0 spiro atoms. The maximum absolute atomic E-state index is 13.0. The number of fused-ring (bicyclic) bond motifs is 1. The van der Waals surface area contributed by atoms with Crippen molar-refractivity contribution in [1.82, 2.24) is 14.5 Å². The lowest BCUT2D eigenvalue weighted by atomic mass is 10.2. The normalized spacial score (nSPS) is 14.1. The van der Waals surface area contributed by atoms with Crippen LogP contribution >= 0.6 is 23.1 Å². The van der Waals surface area contributed by atoms with Crippen LogP contribution in [0.25, 0.3) is 10.3 Å². The predicted octanol–water partition coefficient (Wildman–Crippen LogP) is 4.39. The van der Waals surface area contributed by atoms with Gasteiger partial charge in [-0.1, -0.05) is 35.2 Å². The molecular weight excluding hydrogens is 475 g/mol. The van der Waals surface area contributed by atoms with Crippen LogP contribution in [0.5, 0.6) is 0 Å². The third-order valence-corrected chi connectivity index (χ3v) is 7.03. The van der Waals surface area contributed by atoms with Crippen LogP contribution in [0.3, 0.4) is 0 Å². The van der Waals surface area contributed by atoms with E-state index < -0.39 is 17.6 Å². The highest BCUT2D eigenvalue weighted by Gasteiger charge is 2.30. The van der Waals surface area contributed by atoms with Crippen LogP contribution in [0.15, 0.2) is 46.9 Å². The molecule has 174 valence electrons. The van der Waals surface area contributed by atoms with Gasteiger partial charge >= 0.3 is 6.18 Å². The van der Waals surface area contributed by atoms with Crippen molar-refractivity contribution in [2.24, 2.45) is 0 Å². The van der Waals surface area contributed by atoms with E-state index in [1.807, 2.05) is 0 Å². The van der Waals surface area contributed by atoms with E-state index >= 15 is 0 Å². The molecule has 33 heavy (non-hydrogen) atoms. The minimum Gasteiger partial charge on any atom is -0.348 e. The number of anilines is 2. The van der Waals surface area contributed by atoms with Gasteiger partial charge in [-0.05, 0) is 31.0 Å². The highest BCUT2D eigenvalue weighted by atomic mass is 32.2. The van der Waals surface area contributed by atoms with Gasteiger partial charge in [-0.25, -0.2) is 4.98 Å². The molecule has 1 aliphatic rings. The van der Waals surface area contributed by atoms with Crippen molar-refractivity contribution >= 4 is 50.2 Å². The number of amides is 1. The van der Waals surface area contributed by atoms with Crippen molar-refractivity contribution in [2.45, 2.75) is 30.7 Å². The molecule has 1 N–H and O–H groups in total. The summed E-state index contributed by atoms with van der Waals surface area (Å²) in [5, 5.41) is 3.50. The Morgan fingerprint density at radius 1 is 1.27 bits per heavy atom. The van der Waals surface area contributed by atoms with E-state index in [4.69, 9.17) is 0 Å². The van der Waals surface area contributed by atoms with Crippen LogP contribution < -0.4 is 15.8 Å². The monoisotopic (exact) mass is 495 g/mol. The van der Waals surface area contributed by atoms with Gasteiger partial charge in [0.25, 0.3) is 5.56 Å². The molecule has 1 saturated heterocycles. The van der Waals surface area contributed by atoms with Crippen LogP contribution in [-0.2, 0) is 17.5 Å². The minimum absolute atomic E-state index is 0.0390. The van der Waals surface area contributed by atoms with E-state index in [1.165, 1.54) is 28.0 Å². The molecule has 1 fully saturated rings. The molecule has 2 aromatic heterocycles. The second kappa shape index (κ2) is 9.56. The maximum Gasteiger partial charge on any atom is 0.416 e. The van der Waals surface area contributed by atoms with Gasteiger partial charge < -0.3 is 10.2 Å². The molecule has 1 aromatic carbocycles. The first-order chi connectivity index (χ1) is 15.8. The molecule has 1 amide bonds. The van der Waals surface area contributed by atoms with Gasteiger partial charge in [-0.15, -0.1) is 6.58 Å². The third kappa shape index (κ3) is 5.22. The molecule has 12 heteroatoms. The number of allylic oxidation sites excluding steroid dienone is 1. The number of thioether (sulfide) groups is 1. The number of thiazole rings is 1. The Kier molecular flexibility index (Phi) is 6.75. The number of hydrogen-bond acceptors (Lipinski definition) is 7. The van der Waals surface area contributed by atoms with Gasteiger partial charge in [-0.2, -0.15) is 18.2 Å². The molecule has 0 unspecified atom stereocenters. The molecule has 1 aliphatic heterocycles. The van der Waals surface area contributed by atoms with Crippen LogP contribution in [-0.4, -0.2) is 39.3 Å². The number of alkyl halides is 3. The highest BCUT2D eigenvalue weighted by molar-refractivity contribution is 7.99. The molecule has 0 atom stereocenters. The average molecular weight is 496 g/mol. The van der Waals surface area contributed by atoms with E-state index in [0.29, 0.717) is 15.5 Å². The number of nitrogens with zero attached hydrogens (tertiary/aromatic N) is 4. The molecule has 0 saturated carbocycles. The van der Waals surface area contributed by atoms with E-state index in [9.17, 15) is 22.8 Å². The summed E-state index contributed by atoms with van der Waals surface area (Å²) in [5.74, 6) is -0.663. The first-order valence-corrected chi connectivity index (χ1v) is 11.9. The van der Waals surface area contributed by atoms with Gasteiger partial charge in [0.05, 0.1) is 11.3 Å². The van der Waals surface area contributed by atoms with E-state index in [2.05, 4.69) is 26.8 Å². The van der Waals surface area contributed by atoms with Crippen molar-refractivity contribution in [2.75, 3.05) is 29.1 Å². The quantitative estimate of drug-likeness (QED) is 0.298. The smallest absolute Gasteiger partial charge is 0.348 e. The van der Waals surface area contributed by atoms with Crippen molar-refractivity contribution in [3.8, 4) is 0 Å². The molecule has 0 bridgehead atoms. The second-order valence-corrected chi connectivity index (χ2v) is 9.28. The summed E-state index contributed by atoms with van der Waals surface area (Å²) >= 11 is 2.32. The standard InChI is InChI=1S/C21H20F3N5O2S2/c1-2-8-29-18(31)16-17(26-19(33-16)28-9-3-4-10-28)27-20(29)32-12-15(30)25-14-7-5-6-13(11-14)21(22,23)24/h2,5-7,11H,1,3-4,8-10,12H2,(H,25,30). The maximum atomic E-state index is 13.0. The summed E-state index contributed by atoms with van der Waals surface area (Å²) in [6, 6.07) is 4.41. The number of nitrogens with one attached hydrogen (secondary N) is 1. The zero-order valence-corrected chi connectivity index (χ0v) is 19.0. The Morgan fingerprint density at radius 2 is 2.03 bits per heavy atom. The number of halogens is 3. The third-order valence-electron chi connectivity index (χ3n) is 4.96. The summed E-state index contributed by atoms with van der Waals surface area (Å²) in [6.45, 7) is 5.66. The Morgan fingerprint density at radius 3 is 2.73 bits per heavy atom. The van der Waals surface area contributed by atoms with Gasteiger partial charge in [0.2, 0.25) is 5.91 Å². The first kappa shape index (κ1) is 23.3.